The van der Waals surface area contributed by atoms with E-state index >= 15 is 0 Å². The van der Waals surface area contributed by atoms with Gasteiger partial charge in [0.15, 0.2) is 0 Å². The van der Waals surface area contributed by atoms with E-state index in [1.807, 2.05) is 66.7 Å². The van der Waals surface area contributed by atoms with Gasteiger partial charge in [0, 0.05) is 48.7 Å². The number of rotatable bonds is 13. The van der Waals surface area contributed by atoms with E-state index in [1.54, 1.807) is 6.20 Å². The first-order valence-corrected chi connectivity index (χ1v) is 13.0. The molecule has 0 saturated carbocycles. The molecular formula is C31H32N4NaO4. The van der Waals surface area contributed by atoms with Crippen LogP contribution in [0.1, 0.15) is 37.3 Å². The Kier molecular flexibility index (Phi) is 12.1. The number of carbonyl (C=O) groups is 3. The third-order valence-electron chi connectivity index (χ3n) is 6.38. The number of unbranched alkanes of at least 4 members (excludes halogenated alkanes) is 1. The molecule has 8 nitrogen and oxygen atoms in total. The first kappa shape index (κ1) is 30.8. The maximum Gasteiger partial charge on any atom is 0.305 e. The van der Waals surface area contributed by atoms with Crippen molar-refractivity contribution in [1.82, 2.24) is 15.6 Å². The molecule has 40 heavy (non-hydrogen) atoms. The predicted octanol–water partition coefficient (Wildman–Crippen LogP) is 4.55. The van der Waals surface area contributed by atoms with Crippen molar-refractivity contribution in [2.75, 3.05) is 18.4 Å². The smallest absolute Gasteiger partial charge is 0.305 e. The van der Waals surface area contributed by atoms with Crippen molar-refractivity contribution in [3.63, 3.8) is 0 Å². The summed E-state index contributed by atoms with van der Waals surface area (Å²) < 4.78 is 0. The van der Waals surface area contributed by atoms with Crippen LogP contribution >= 0.6 is 0 Å². The van der Waals surface area contributed by atoms with Gasteiger partial charge in [-0.1, -0.05) is 72.8 Å². The standard InChI is InChI=1S/C31H32N4O4.Na/c36-29(13-4-6-19-33-28-12-3-5-18-32-28)34-21-30(37)35-27(20-31(38)39)24-16-14-23(15-17-24)26-11-7-9-22-8-1-2-10-25(22)26;/h1-3,5,7-12,14-18,27H,4,6,13,19-21H2,(H,32,33)(H,34,36)(H,35,37)(H,38,39);. The summed E-state index contributed by atoms with van der Waals surface area (Å²) in [5, 5.41) is 20.2. The second-order valence-electron chi connectivity index (χ2n) is 9.24. The van der Waals surface area contributed by atoms with E-state index in [-0.39, 0.29) is 48.4 Å². The topological polar surface area (TPSA) is 120 Å². The zero-order valence-corrected chi connectivity index (χ0v) is 24.6. The second kappa shape index (κ2) is 15.8. The summed E-state index contributed by atoms with van der Waals surface area (Å²) >= 11 is 0. The summed E-state index contributed by atoms with van der Waals surface area (Å²) in [6.07, 6.45) is 3.19. The van der Waals surface area contributed by atoms with Crippen molar-refractivity contribution in [1.29, 1.82) is 0 Å². The van der Waals surface area contributed by atoms with Gasteiger partial charge in [-0.25, -0.2) is 4.98 Å². The van der Waals surface area contributed by atoms with Gasteiger partial charge >= 0.3 is 5.97 Å². The van der Waals surface area contributed by atoms with Gasteiger partial charge in [-0.2, -0.15) is 0 Å². The molecular weight excluding hydrogens is 515 g/mol. The molecule has 0 saturated heterocycles. The molecule has 4 rings (SSSR count). The van der Waals surface area contributed by atoms with Crippen molar-refractivity contribution < 1.29 is 19.5 Å². The molecule has 0 aliphatic carbocycles. The van der Waals surface area contributed by atoms with Gasteiger partial charge in [-0.05, 0) is 52.4 Å². The summed E-state index contributed by atoms with van der Waals surface area (Å²) in [5.74, 6) is -0.902. The minimum atomic E-state index is -1.03. The van der Waals surface area contributed by atoms with Crippen LogP contribution in [0.4, 0.5) is 5.82 Å². The number of aromatic nitrogens is 1. The molecule has 4 N–H and O–H groups in total. The van der Waals surface area contributed by atoms with Gasteiger partial charge in [-0.3, -0.25) is 14.4 Å². The molecule has 0 spiro atoms. The zero-order chi connectivity index (χ0) is 27.5. The van der Waals surface area contributed by atoms with Gasteiger partial charge in [0.2, 0.25) is 11.8 Å². The number of hydrogen-bond donors (Lipinski definition) is 4. The molecule has 0 fully saturated rings. The summed E-state index contributed by atoms with van der Waals surface area (Å²) in [6.45, 7) is 0.482. The van der Waals surface area contributed by atoms with Crippen LogP contribution in [0.3, 0.4) is 0 Å². The summed E-state index contributed by atoms with van der Waals surface area (Å²) in [5.41, 5.74) is 2.76. The van der Waals surface area contributed by atoms with Crippen LogP contribution in [0.15, 0.2) is 91.1 Å². The van der Waals surface area contributed by atoms with Gasteiger partial charge < -0.3 is 21.1 Å². The molecule has 1 heterocycles. The number of carbonyl (C=O) groups excluding carboxylic acids is 2. The Balaban J connectivity index is 0.00000441. The number of benzene rings is 3. The van der Waals surface area contributed by atoms with Gasteiger partial charge in [0.05, 0.1) is 19.0 Å². The van der Waals surface area contributed by atoms with Crippen molar-refractivity contribution in [2.24, 2.45) is 0 Å². The Morgan fingerprint density at radius 1 is 0.825 bits per heavy atom. The average molecular weight is 548 g/mol. The van der Waals surface area contributed by atoms with E-state index in [1.165, 1.54) is 0 Å². The number of carboxylic acid groups (broad SMARTS) is 1. The van der Waals surface area contributed by atoms with Crippen molar-refractivity contribution in [3.8, 4) is 11.1 Å². The fraction of sp³-hybridized carbons (Fsp3) is 0.226. The molecule has 1 aromatic heterocycles. The zero-order valence-electron chi connectivity index (χ0n) is 22.6. The van der Waals surface area contributed by atoms with Crippen molar-refractivity contribution >= 4 is 63.9 Å². The Hall–Kier alpha value is -3.72. The van der Waals surface area contributed by atoms with Crippen LogP contribution in [-0.2, 0) is 14.4 Å². The Bertz CT molecular complexity index is 1410. The van der Waals surface area contributed by atoms with Gasteiger partial charge in [-0.15, -0.1) is 0 Å². The molecule has 2 amide bonds. The number of hydrogen-bond acceptors (Lipinski definition) is 5. The second-order valence-corrected chi connectivity index (χ2v) is 9.24. The molecule has 4 aromatic rings. The van der Waals surface area contributed by atoms with E-state index in [9.17, 15) is 19.5 Å². The Labute approximate surface area is 255 Å². The van der Waals surface area contributed by atoms with E-state index in [4.69, 9.17) is 0 Å². The Morgan fingerprint density at radius 3 is 2.33 bits per heavy atom. The molecule has 0 aliphatic rings. The summed E-state index contributed by atoms with van der Waals surface area (Å²) in [6, 6.07) is 26.7. The number of fused-ring (bicyclic) bond motifs is 1. The third kappa shape index (κ3) is 9.19. The maximum absolute atomic E-state index is 12.5. The SMILES string of the molecule is O=C(O)CC(NC(=O)CNC(=O)CCCCNc1ccccn1)c1ccc(-c2cccc3ccccc23)cc1.[Na]. The number of pyridine rings is 1. The minimum Gasteiger partial charge on any atom is -0.481 e. The first-order chi connectivity index (χ1) is 19.0. The molecule has 3 aromatic carbocycles. The number of aliphatic carboxylic acids is 1. The van der Waals surface area contributed by atoms with Crippen molar-refractivity contribution in [3.05, 3.63) is 96.7 Å². The van der Waals surface area contributed by atoms with Crippen LogP contribution < -0.4 is 16.0 Å². The minimum absolute atomic E-state index is 0. The van der Waals surface area contributed by atoms with Crippen LogP contribution in [0, 0.1) is 0 Å². The van der Waals surface area contributed by atoms with Crippen molar-refractivity contribution in [2.45, 2.75) is 31.7 Å². The van der Waals surface area contributed by atoms with Crippen LogP contribution in [0.25, 0.3) is 21.9 Å². The van der Waals surface area contributed by atoms with Gasteiger partial charge in [0.25, 0.3) is 0 Å². The predicted molar refractivity (Wildman–Crippen MR) is 158 cm³/mol. The quantitative estimate of drug-likeness (QED) is 0.144. The number of nitrogens with zero attached hydrogens (tertiary/aromatic N) is 1. The number of carboxylic acids is 1. The van der Waals surface area contributed by atoms with Crippen LogP contribution in [0.2, 0.25) is 0 Å². The van der Waals surface area contributed by atoms with E-state index < -0.39 is 17.9 Å². The van der Waals surface area contributed by atoms with Crippen LogP contribution in [-0.4, -0.2) is 70.5 Å². The normalized spacial score (nSPS) is 11.2. The molecule has 0 aliphatic heterocycles. The fourth-order valence-electron chi connectivity index (χ4n) is 4.41. The summed E-state index contributed by atoms with van der Waals surface area (Å²) in [7, 11) is 0. The van der Waals surface area contributed by atoms with E-state index in [0.717, 1.165) is 34.1 Å². The number of anilines is 1. The van der Waals surface area contributed by atoms with E-state index in [2.05, 4.69) is 39.1 Å². The average Bonchev–Trinajstić information content (AvgIpc) is 2.96. The van der Waals surface area contributed by atoms with E-state index in [0.29, 0.717) is 24.9 Å². The number of nitrogens with one attached hydrogen (secondary N) is 3. The molecule has 1 atom stereocenters. The van der Waals surface area contributed by atoms with Gasteiger partial charge in [0.1, 0.15) is 5.82 Å². The molecule has 1 unspecified atom stereocenters. The molecule has 1 radical (unpaired) electrons. The Morgan fingerprint density at radius 2 is 1.57 bits per heavy atom. The maximum atomic E-state index is 12.5. The first-order valence-electron chi connectivity index (χ1n) is 13.0. The largest absolute Gasteiger partial charge is 0.481 e. The molecule has 0 bridgehead atoms. The number of amides is 2. The van der Waals surface area contributed by atoms with Crippen LogP contribution in [0.5, 0.6) is 0 Å². The third-order valence-corrected chi connectivity index (χ3v) is 6.38. The molecule has 201 valence electrons. The fourth-order valence-corrected chi connectivity index (χ4v) is 4.41. The summed E-state index contributed by atoms with van der Waals surface area (Å²) in [4.78, 5) is 40.4. The molecule has 9 heteroatoms. The monoisotopic (exact) mass is 547 g/mol.